The number of nitrogens with zero attached hydrogens (tertiary/aromatic N) is 1. The van der Waals surface area contributed by atoms with Crippen LogP contribution in [0.3, 0.4) is 0 Å². The molecule has 0 bridgehead atoms. The SMILES string of the molecule is CCCCCC(C)N(C=O)Cc1ccc(OC)c(OC)c1. The first kappa shape index (κ1) is 17.3. The fourth-order valence-electron chi connectivity index (χ4n) is 2.34. The largest absolute Gasteiger partial charge is 0.493 e. The van der Waals surface area contributed by atoms with Crippen molar-refractivity contribution in [1.82, 2.24) is 4.90 Å². The normalized spacial score (nSPS) is 11.8. The van der Waals surface area contributed by atoms with Gasteiger partial charge >= 0.3 is 0 Å². The predicted octanol–water partition coefficient (Wildman–Crippen LogP) is 3.63. The van der Waals surface area contributed by atoms with E-state index in [9.17, 15) is 4.79 Å². The summed E-state index contributed by atoms with van der Waals surface area (Å²) in [5.41, 5.74) is 1.04. The molecule has 1 amide bonds. The summed E-state index contributed by atoms with van der Waals surface area (Å²) in [4.78, 5) is 13.2. The number of rotatable bonds is 10. The predicted molar refractivity (Wildman–Crippen MR) is 84.8 cm³/mol. The van der Waals surface area contributed by atoms with Crippen molar-refractivity contribution in [2.75, 3.05) is 14.2 Å². The van der Waals surface area contributed by atoms with Gasteiger partial charge in [-0.1, -0.05) is 32.3 Å². The van der Waals surface area contributed by atoms with Crippen LogP contribution in [-0.2, 0) is 11.3 Å². The number of methoxy groups -OCH3 is 2. The second-order valence-corrected chi connectivity index (χ2v) is 5.31. The highest BCUT2D eigenvalue weighted by Gasteiger charge is 2.13. The lowest BCUT2D eigenvalue weighted by atomic mass is 10.1. The fraction of sp³-hybridized carbons (Fsp3) is 0.588. The number of hydrogen-bond donors (Lipinski definition) is 0. The van der Waals surface area contributed by atoms with Crippen LogP contribution in [0, 0.1) is 0 Å². The van der Waals surface area contributed by atoms with Crippen LogP contribution in [0.25, 0.3) is 0 Å². The van der Waals surface area contributed by atoms with Crippen LogP contribution in [0.4, 0.5) is 0 Å². The van der Waals surface area contributed by atoms with Crippen molar-refractivity contribution in [3.63, 3.8) is 0 Å². The van der Waals surface area contributed by atoms with Gasteiger partial charge in [0.15, 0.2) is 11.5 Å². The molecule has 1 aromatic carbocycles. The van der Waals surface area contributed by atoms with E-state index in [1.54, 1.807) is 14.2 Å². The first-order chi connectivity index (χ1) is 10.2. The molecule has 4 heteroatoms. The van der Waals surface area contributed by atoms with Gasteiger partial charge in [0.1, 0.15) is 0 Å². The zero-order chi connectivity index (χ0) is 15.7. The molecule has 1 atom stereocenters. The van der Waals surface area contributed by atoms with Gasteiger partial charge in [-0.3, -0.25) is 4.79 Å². The highest BCUT2D eigenvalue weighted by atomic mass is 16.5. The van der Waals surface area contributed by atoms with Crippen LogP contribution < -0.4 is 9.47 Å². The Morgan fingerprint density at radius 2 is 1.90 bits per heavy atom. The molecule has 0 saturated carbocycles. The van der Waals surface area contributed by atoms with Gasteiger partial charge in [0.25, 0.3) is 0 Å². The second-order valence-electron chi connectivity index (χ2n) is 5.31. The molecule has 1 aromatic rings. The van der Waals surface area contributed by atoms with E-state index in [-0.39, 0.29) is 6.04 Å². The smallest absolute Gasteiger partial charge is 0.210 e. The van der Waals surface area contributed by atoms with Crippen molar-refractivity contribution in [2.24, 2.45) is 0 Å². The fourth-order valence-corrected chi connectivity index (χ4v) is 2.34. The Morgan fingerprint density at radius 1 is 1.19 bits per heavy atom. The third-order valence-corrected chi connectivity index (χ3v) is 3.74. The maximum Gasteiger partial charge on any atom is 0.210 e. The van der Waals surface area contributed by atoms with E-state index in [4.69, 9.17) is 9.47 Å². The molecule has 0 aliphatic heterocycles. The summed E-state index contributed by atoms with van der Waals surface area (Å²) in [5, 5.41) is 0. The maximum atomic E-state index is 11.3. The zero-order valence-electron chi connectivity index (χ0n) is 13.6. The Balaban J connectivity index is 2.70. The molecule has 0 saturated heterocycles. The summed E-state index contributed by atoms with van der Waals surface area (Å²) < 4.78 is 10.5. The Kier molecular flexibility index (Phi) is 7.65. The molecule has 0 aliphatic rings. The van der Waals surface area contributed by atoms with Gasteiger partial charge in [-0.25, -0.2) is 0 Å². The highest BCUT2D eigenvalue weighted by molar-refractivity contribution is 5.49. The van der Waals surface area contributed by atoms with Gasteiger partial charge in [-0.15, -0.1) is 0 Å². The molecule has 21 heavy (non-hydrogen) atoms. The van der Waals surface area contributed by atoms with E-state index in [0.717, 1.165) is 24.8 Å². The van der Waals surface area contributed by atoms with Crippen LogP contribution in [0.5, 0.6) is 11.5 Å². The topological polar surface area (TPSA) is 38.8 Å². The minimum atomic E-state index is 0.252. The lowest BCUT2D eigenvalue weighted by molar-refractivity contribution is -0.120. The van der Waals surface area contributed by atoms with Crippen molar-refractivity contribution in [3.05, 3.63) is 23.8 Å². The van der Waals surface area contributed by atoms with Crippen LogP contribution in [-0.4, -0.2) is 31.6 Å². The molecule has 0 heterocycles. The van der Waals surface area contributed by atoms with Gasteiger partial charge in [0, 0.05) is 12.6 Å². The van der Waals surface area contributed by atoms with Gasteiger partial charge in [-0.05, 0) is 31.0 Å². The Bertz CT molecular complexity index is 434. The number of carbonyl (C=O) groups is 1. The van der Waals surface area contributed by atoms with E-state index < -0.39 is 0 Å². The minimum absolute atomic E-state index is 0.252. The van der Waals surface area contributed by atoms with Gasteiger partial charge in [-0.2, -0.15) is 0 Å². The van der Waals surface area contributed by atoms with Gasteiger partial charge < -0.3 is 14.4 Å². The standard InChI is InChI=1S/C17H27NO3/c1-5-6-7-8-14(2)18(13-19)12-15-9-10-16(20-3)17(11-15)21-4/h9-11,13-14H,5-8,12H2,1-4H3. The van der Waals surface area contributed by atoms with Crippen LogP contribution in [0.15, 0.2) is 18.2 Å². The molecule has 0 spiro atoms. The summed E-state index contributed by atoms with van der Waals surface area (Å²) >= 11 is 0. The highest BCUT2D eigenvalue weighted by Crippen LogP contribution is 2.28. The summed E-state index contributed by atoms with van der Waals surface area (Å²) in [6, 6.07) is 6.02. The molecular weight excluding hydrogens is 266 g/mol. The zero-order valence-corrected chi connectivity index (χ0v) is 13.6. The third kappa shape index (κ3) is 5.29. The molecule has 0 aromatic heterocycles. The Labute approximate surface area is 128 Å². The number of benzene rings is 1. The van der Waals surface area contributed by atoms with Gasteiger partial charge in [0.05, 0.1) is 14.2 Å². The first-order valence-corrected chi connectivity index (χ1v) is 7.58. The minimum Gasteiger partial charge on any atom is -0.493 e. The third-order valence-electron chi connectivity index (χ3n) is 3.74. The number of unbranched alkanes of at least 4 members (excludes halogenated alkanes) is 2. The van der Waals surface area contributed by atoms with E-state index in [1.165, 1.54) is 12.8 Å². The van der Waals surface area contributed by atoms with Crippen LogP contribution in [0.1, 0.15) is 45.1 Å². The second kappa shape index (κ2) is 9.27. The summed E-state index contributed by atoms with van der Waals surface area (Å²) in [6.45, 7) is 4.88. The Morgan fingerprint density at radius 3 is 2.48 bits per heavy atom. The van der Waals surface area contributed by atoms with E-state index in [1.807, 2.05) is 23.1 Å². The number of hydrogen-bond acceptors (Lipinski definition) is 3. The van der Waals surface area contributed by atoms with Crippen molar-refractivity contribution in [2.45, 2.75) is 52.1 Å². The average Bonchev–Trinajstić information content (AvgIpc) is 2.52. The molecule has 0 aliphatic carbocycles. The molecule has 4 nitrogen and oxygen atoms in total. The average molecular weight is 293 g/mol. The lowest BCUT2D eigenvalue weighted by Gasteiger charge is -2.25. The van der Waals surface area contributed by atoms with Crippen molar-refractivity contribution in [3.8, 4) is 11.5 Å². The van der Waals surface area contributed by atoms with Crippen LogP contribution >= 0.6 is 0 Å². The summed E-state index contributed by atoms with van der Waals surface area (Å²) in [6.07, 6.45) is 5.55. The lowest BCUT2D eigenvalue weighted by Crippen LogP contribution is -2.31. The number of amides is 1. The molecule has 0 N–H and O–H groups in total. The van der Waals surface area contributed by atoms with E-state index in [0.29, 0.717) is 18.0 Å². The first-order valence-electron chi connectivity index (χ1n) is 7.58. The van der Waals surface area contributed by atoms with Crippen molar-refractivity contribution < 1.29 is 14.3 Å². The van der Waals surface area contributed by atoms with E-state index >= 15 is 0 Å². The van der Waals surface area contributed by atoms with Gasteiger partial charge in [0.2, 0.25) is 6.41 Å². The summed E-state index contributed by atoms with van der Waals surface area (Å²) in [5.74, 6) is 1.40. The van der Waals surface area contributed by atoms with Crippen molar-refractivity contribution in [1.29, 1.82) is 0 Å². The molecule has 1 rings (SSSR count). The molecule has 0 radical (unpaired) electrons. The maximum absolute atomic E-state index is 11.3. The quantitative estimate of drug-likeness (QED) is 0.488. The Hall–Kier alpha value is -1.71. The monoisotopic (exact) mass is 293 g/mol. The summed E-state index contributed by atoms with van der Waals surface area (Å²) in [7, 11) is 3.23. The van der Waals surface area contributed by atoms with Crippen molar-refractivity contribution >= 4 is 6.41 Å². The molecule has 0 fully saturated rings. The molecule has 118 valence electrons. The number of ether oxygens (including phenoxy) is 2. The number of carbonyl (C=O) groups excluding carboxylic acids is 1. The van der Waals surface area contributed by atoms with E-state index in [2.05, 4.69) is 13.8 Å². The molecule has 1 unspecified atom stereocenters. The molecular formula is C17H27NO3. The van der Waals surface area contributed by atoms with Crippen LogP contribution in [0.2, 0.25) is 0 Å².